The summed E-state index contributed by atoms with van der Waals surface area (Å²) in [5.41, 5.74) is 3.52. The summed E-state index contributed by atoms with van der Waals surface area (Å²) in [7, 11) is 2.51. The highest BCUT2D eigenvalue weighted by atomic mass is 31.0. The first-order valence-electron chi connectivity index (χ1n) is 10.4. The number of benzene rings is 1. The number of hydrogen-bond acceptors (Lipinski definition) is 4. The van der Waals surface area contributed by atoms with Gasteiger partial charge in [-0.2, -0.15) is 0 Å². The first-order valence-corrected chi connectivity index (χ1v) is 10.9. The number of carbonyl (C=O) groups is 1. The number of amides is 1. The van der Waals surface area contributed by atoms with Gasteiger partial charge in [-0.15, -0.1) is 0 Å². The van der Waals surface area contributed by atoms with Crippen molar-refractivity contribution in [1.82, 2.24) is 14.6 Å². The fourth-order valence-corrected chi connectivity index (χ4v) is 4.63. The highest BCUT2D eigenvalue weighted by Gasteiger charge is 2.30. The van der Waals surface area contributed by atoms with Gasteiger partial charge < -0.3 is 9.78 Å². The van der Waals surface area contributed by atoms with Crippen molar-refractivity contribution < 1.29 is 9.90 Å². The summed E-state index contributed by atoms with van der Waals surface area (Å²) in [4.78, 5) is 22.5. The van der Waals surface area contributed by atoms with Crippen molar-refractivity contribution in [3.05, 3.63) is 41.2 Å². The standard InChI is InChI=1S/C22H28N3O2P/c26-17-11-9-16(10-12-17)21-23-19(15-7-5-3-1-2-4-6-8-15)18-13-14-25(28)22(27)20(18)24-21/h9-12,15,26H,1-8,13-14,28H2. The highest BCUT2D eigenvalue weighted by Crippen LogP contribution is 2.35. The molecule has 1 saturated carbocycles. The van der Waals surface area contributed by atoms with Crippen molar-refractivity contribution in [1.29, 1.82) is 0 Å². The topological polar surface area (TPSA) is 66.3 Å². The zero-order valence-corrected chi connectivity index (χ0v) is 17.4. The van der Waals surface area contributed by atoms with Gasteiger partial charge in [-0.05, 0) is 52.9 Å². The fourth-order valence-electron chi connectivity index (χ4n) is 4.38. The second kappa shape index (κ2) is 8.57. The Morgan fingerprint density at radius 1 is 0.964 bits per heavy atom. The lowest BCUT2D eigenvalue weighted by Gasteiger charge is -2.28. The number of aromatic hydroxyl groups is 1. The van der Waals surface area contributed by atoms with E-state index in [1.807, 2.05) is 12.1 Å². The zero-order valence-electron chi connectivity index (χ0n) is 16.2. The fraction of sp³-hybridized carbons (Fsp3) is 0.500. The summed E-state index contributed by atoms with van der Waals surface area (Å²) in [5, 5.41) is 9.61. The molecule has 28 heavy (non-hydrogen) atoms. The summed E-state index contributed by atoms with van der Waals surface area (Å²) in [6.45, 7) is 0.693. The van der Waals surface area contributed by atoms with Crippen molar-refractivity contribution in [2.75, 3.05) is 6.54 Å². The molecule has 1 aromatic carbocycles. The summed E-state index contributed by atoms with van der Waals surface area (Å²) >= 11 is 0. The number of carbonyl (C=O) groups excluding carboxylic acids is 1. The third kappa shape index (κ3) is 4.05. The predicted molar refractivity (Wildman–Crippen MR) is 113 cm³/mol. The molecular formula is C22H28N3O2P. The van der Waals surface area contributed by atoms with Crippen LogP contribution in [0.25, 0.3) is 11.4 Å². The summed E-state index contributed by atoms with van der Waals surface area (Å²) < 4.78 is 1.67. The number of rotatable bonds is 2. The van der Waals surface area contributed by atoms with Crippen LogP contribution in [-0.2, 0) is 6.42 Å². The first-order chi connectivity index (χ1) is 13.6. The number of hydrogen-bond donors (Lipinski definition) is 1. The van der Waals surface area contributed by atoms with Gasteiger partial charge >= 0.3 is 0 Å². The van der Waals surface area contributed by atoms with Crippen LogP contribution in [0.3, 0.4) is 0 Å². The Balaban J connectivity index is 1.80. The molecular weight excluding hydrogens is 369 g/mol. The Hall–Kier alpha value is -2.00. The highest BCUT2D eigenvalue weighted by molar-refractivity contribution is 7.14. The van der Waals surface area contributed by atoms with Crippen LogP contribution in [0.1, 0.15) is 79.0 Å². The molecule has 1 N–H and O–H groups in total. The Morgan fingerprint density at radius 2 is 1.61 bits per heavy atom. The molecule has 1 amide bonds. The van der Waals surface area contributed by atoms with Gasteiger partial charge in [0.15, 0.2) is 5.82 Å². The molecule has 1 aliphatic heterocycles. The smallest absolute Gasteiger partial charge is 0.275 e. The van der Waals surface area contributed by atoms with Crippen molar-refractivity contribution in [2.45, 2.75) is 63.7 Å². The Labute approximate surface area is 168 Å². The van der Waals surface area contributed by atoms with E-state index in [0.29, 0.717) is 24.0 Å². The lowest BCUT2D eigenvalue weighted by molar-refractivity contribution is 0.0852. The largest absolute Gasteiger partial charge is 0.508 e. The van der Waals surface area contributed by atoms with E-state index < -0.39 is 0 Å². The molecule has 1 atom stereocenters. The monoisotopic (exact) mass is 397 g/mol. The van der Waals surface area contributed by atoms with Crippen LogP contribution in [0.15, 0.2) is 24.3 Å². The number of phenols is 1. The number of phenolic OH excluding ortho intramolecular Hbond substituents is 1. The maximum Gasteiger partial charge on any atom is 0.275 e. The van der Waals surface area contributed by atoms with Crippen molar-refractivity contribution in [3.8, 4) is 17.1 Å². The van der Waals surface area contributed by atoms with Gasteiger partial charge in [0, 0.05) is 23.6 Å². The van der Waals surface area contributed by atoms with Gasteiger partial charge in [-0.25, -0.2) is 9.97 Å². The summed E-state index contributed by atoms with van der Waals surface area (Å²) in [5.74, 6) is 1.15. The van der Waals surface area contributed by atoms with E-state index in [2.05, 4.69) is 14.4 Å². The number of aromatic nitrogens is 2. The zero-order chi connectivity index (χ0) is 19.5. The predicted octanol–water partition coefficient (Wildman–Crippen LogP) is 4.86. The molecule has 4 rings (SSSR count). The second-order valence-electron chi connectivity index (χ2n) is 7.95. The minimum absolute atomic E-state index is 0.0435. The van der Waals surface area contributed by atoms with Gasteiger partial charge in [0.1, 0.15) is 11.4 Å². The van der Waals surface area contributed by atoms with Gasteiger partial charge in [0.25, 0.3) is 5.91 Å². The lowest BCUT2D eigenvalue weighted by Crippen LogP contribution is -2.32. The van der Waals surface area contributed by atoms with E-state index in [-0.39, 0.29) is 11.7 Å². The Bertz CT molecular complexity index is 844. The van der Waals surface area contributed by atoms with Crippen LogP contribution in [0.4, 0.5) is 0 Å². The van der Waals surface area contributed by atoms with Gasteiger partial charge in [-0.3, -0.25) is 4.79 Å². The average Bonchev–Trinajstić information content (AvgIpc) is 2.85. The van der Waals surface area contributed by atoms with Crippen LogP contribution in [0.2, 0.25) is 0 Å². The third-order valence-corrected chi connectivity index (χ3v) is 6.47. The van der Waals surface area contributed by atoms with E-state index in [9.17, 15) is 9.90 Å². The molecule has 148 valence electrons. The van der Waals surface area contributed by atoms with Crippen LogP contribution in [-0.4, -0.2) is 32.2 Å². The molecule has 2 aliphatic rings. The molecule has 0 bridgehead atoms. The minimum atomic E-state index is -0.0435. The molecule has 1 unspecified atom stereocenters. The van der Waals surface area contributed by atoms with Crippen LogP contribution in [0, 0.1) is 0 Å². The van der Waals surface area contributed by atoms with Crippen molar-refractivity contribution >= 4 is 15.3 Å². The lowest BCUT2D eigenvalue weighted by atomic mass is 9.88. The Kier molecular flexibility index (Phi) is 5.91. The maximum absolute atomic E-state index is 12.8. The molecule has 0 spiro atoms. The van der Waals surface area contributed by atoms with Crippen molar-refractivity contribution in [3.63, 3.8) is 0 Å². The molecule has 0 radical (unpaired) electrons. The molecule has 6 heteroatoms. The van der Waals surface area contributed by atoms with Crippen molar-refractivity contribution in [2.24, 2.45) is 0 Å². The van der Waals surface area contributed by atoms with E-state index in [0.717, 1.165) is 36.1 Å². The van der Waals surface area contributed by atoms with Gasteiger partial charge in [0.05, 0.1) is 5.69 Å². The molecule has 1 aliphatic carbocycles. The Morgan fingerprint density at radius 3 is 2.29 bits per heavy atom. The quantitative estimate of drug-likeness (QED) is 0.735. The number of nitrogens with zero attached hydrogens (tertiary/aromatic N) is 3. The molecule has 2 aromatic rings. The molecule has 5 nitrogen and oxygen atoms in total. The van der Waals surface area contributed by atoms with E-state index in [4.69, 9.17) is 4.98 Å². The van der Waals surface area contributed by atoms with Crippen LogP contribution < -0.4 is 0 Å². The summed E-state index contributed by atoms with van der Waals surface area (Å²) in [6, 6.07) is 6.91. The van der Waals surface area contributed by atoms with Gasteiger partial charge in [-0.1, -0.05) is 38.5 Å². The van der Waals surface area contributed by atoms with Gasteiger partial charge in [0.2, 0.25) is 0 Å². The normalized spacial score (nSPS) is 18.9. The molecule has 0 saturated heterocycles. The molecule has 1 aromatic heterocycles. The van der Waals surface area contributed by atoms with E-state index >= 15 is 0 Å². The minimum Gasteiger partial charge on any atom is -0.508 e. The van der Waals surface area contributed by atoms with Crippen LogP contribution >= 0.6 is 9.39 Å². The third-order valence-electron chi connectivity index (χ3n) is 5.97. The first kappa shape index (κ1) is 19.3. The SMILES string of the molecule is O=C1c2nc(-c3ccc(O)cc3)nc(C3CCCCCCCC3)c2CCN1P. The molecule has 2 heterocycles. The molecule has 1 fully saturated rings. The summed E-state index contributed by atoms with van der Waals surface area (Å²) in [6.07, 6.45) is 10.8. The van der Waals surface area contributed by atoms with E-state index in [1.54, 1.807) is 16.8 Å². The average molecular weight is 397 g/mol. The van der Waals surface area contributed by atoms with Crippen LogP contribution in [0.5, 0.6) is 5.75 Å². The second-order valence-corrected chi connectivity index (χ2v) is 8.57. The van der Waals surface area contributed by atoms with E-state index in [1.165, 1.54) is 38.5 Å². The maximum atomic E-state index is 12.8. The number of fused-ring (bicyclic) bond motifs is 1.